The number of nitrogens with zero attached hydrogens (tertiary/aromatic N) is 3. The summed E-state index contributed by atoms with van der Waals surface area (Å²) in [6.07, 6.45) is 3.61. The number of sulfonamides is 1. The molecule has 6 nitrogen and oxygen atoms in total. The third-order valence-electron chi connectivity index (χ3n) is 3.60. The molecule has 1 N–H and O–H groups in total. The second kappa shape index (κ2) is 6.27. The molecule has 2 aromatic heterocycles. The van der Waals surface area contributed by atoms with E-state index in [0.717, 1.165) is 26.1 Å². The van der Waals surface area contributed by atoms with E-state index in [4.69, 9.17) is 0 Å². The van der Waals surface area contributed by atoms with Crippen LogP contribution in [0.4, 0.5) is 0 Å². The molecule has 3 rings (SSSR count). The topological polar surface area (TPSA) is 69.3 Å². The largest absolute Gasteiger partial charge is 0.335 e. The van der Waals surface area contributed by atoms with Crippen molar-refractivity contribution in [2.24, 2.45) is 0 Å². The Morgan fingerprint density at radius 3 is 2.90 bits per heavy atom. The summed E-state index contributed by atoms with van der Waals surface area (Å²) in [6.45, 7) is 3.66. The Labute approximate surface area is 128 Å². The van der Waals surface area contributed by atoms with Gasteiger partial charge in [0.2, 0.25) is 0 Å². The molecule has 1 aliphatic rings. The van der Waals surface area contributed by atoms with Crippen LogP contribution in [-0.2, 0) is 16.6 Å². The van der Waals surface area contributed by atoms with Crippen molar-refractivity contribution in [3.8, 4) is 0 Å². The standard InChI is InChI=1S/C13H18N4O2S2/c18-21(19,13-9-14-11-15-13)17-5-2-4-16(6-7-17)10-12-3-1-8-20-12/h1,3,8-9,11H,2,4-7,10H2,(H,14,15). The number of aromatic amines is 1. The predicted octanol–water partition coefficient (Wildman–Crippen LogP) is 1.37. The highest BCUT2D eigenvalue weighted by Gasteiger charge is 2.27. The molecule has 0 spiro atoms. The van der Waals surface area contributed by atoms with E-state index >= 15 is 0 Å². The monoisotopic (exact) mass is 326 g/mol. The van der Waals surface area contributed by atoms with Crippen molar-refractivity contribution in [1.82, 2.24) is 19.2 Å². The Kier molecular flexibility index (Phi) is 4.39. The average molecular weight is 326 g/mol. The molecule has 0 bridgehead atoms. The molecule has 0 atom stereocenters. The molecule has 1 aliphatic heterocycles. The summed E-state index contributed by atoms with van der Waals surface area (Å²) in [5.74, 6) is 0. The van der Waals surface area contributed by atoms with Gasteiger partial charge in [-0.25, -0.2) is 13.4 Å². The molecule has 114 valence electrons. The van der Waals surface area contributed by atoms with Crippen molar-refractivity contribution in [2.45, 2.75) is 18.0 Å². The van der Waals surface area contributed by atoms with Gasteiger partial charge in [0.25, 0.3) is 10.0 Å². The summed E-state index contributed by atoms with van der Waals surface area (Å²) in [5, 5.41) is 2.25. The van der Waals surface area contributed by atoms with E-state index in [2.05, 4.69) is 26.3 Å². The van der Waals surface area contributed by atoms with Crippen LogP contribution in [0.2, 0.25) is 0 Å². The molecule has 1 saturated heterocycles. The van der Waals surface area contributed by atoms with Gasteiger partial charge >= 0.3 is 0 Å². The maximum absolute atomic E-state index is 12.5. The first-order chi connectivity index (χ1) is 10.2. The molecule has 3 heterocycles. The second-order valence-electron chi connectivity index (χ2n) is 5.03. The molecule has 0 radical (unpaired) electrons. The van der Waals surface area contributed by atoms with Gasteiger partial charge in [0.1, 0.15) is 0 Å². The summed E-state index contributed by atoms with van der Waals surface area (Å²) in [4.78, 5) is 10.1. The number of aromatic nitrogens is 2. The van der Waals surface area contributed by atoms with Crippen LogP contribution in [0, 0.1) is 0 Å². The number of hydrogen-bond acceptors (Lipinski definition) is 5. The lowest BCUT2D eigenvalue weighted by Crippen LogP contribution is -2.35. The third kappa shape index (κ3) is 3.34. The van der Waals surface area contributed by atoms with Crippen molar-refractivity contribution in [2.75, 3.05) is 26.2 Å². The molecule has 0 amide bonds. The van der Waals surface area contributed by atoms with Gasteiger partial charge in [0.05, 0.1) is 12.5 Å². The van der Waals surface area contributed by atoms with Gasteiger partial charge in [-0.05, 0) is 24.4 Å². The number of imidazole rings is 1. The van der Waals surface area contributed by atoms with Crippen LogP contribution in [0.1, 0.15) is 11.3 Å². The van der Waals surface area contributed by atoms with Gasteiger partial charge in [-0.3, -0.25) is 4.90 Å². The highest BCUT2D eigenvalue weighted by atomic mass is 32.2. The number of nitrogens with one attached hydrogen (secondary N) is 1. The van der Waals surface area contributed by atoms with Gasteiger partial charge in [-0.2, -0.15) is 4.31 Å². The Hall–Kier alpha value is -1.22. The van der Waals surface area contributed by atoms with Crippen LogP contribution in [-0.4, -0.2) is 53.8 Å². The van der Waals surface area contributed by atoms with Gasteiger partial charge in [-0.1, -0.05) is 6.07 Å². The minimum atomic E-state index is -3.44. The number of thiophene rings is 1. The number of H-pyrrole nitrogens is 1. The van der Waals surface area contributed by atoms with Crippen molar-refractivity contribution in [3.05, 3.63) is 34.9 Å². The van der Waals surface area contributed by atoms with Crippen LogP contribution in [0.3, 0.4) is 0 Å². The molecule has 8 heteroatoms. The minimum Gasteiger partial charge on any atom is -0.335 e. The molecule has 0 aliphatic carbocycles. The first-order valence-corrected chi connectivity index (χ1v) is 9.21. The Morgan fingerprint density at radius 2 is 2.19 bits per heavy atom. The summed E-state index contributed by atoms with van der Waals surface area (Å²) in [6, 6.07) is 4.17. The lowest BCUT2D eigenvalue weighted by molar-refractivity contribution is 0.281. The van der Waals surface area contributed by atoms with Gasteiger partial charge in [0, 0.05) is 31.1 Å². The van der Waals surface area contributed by atoms with E-state index in [-0.39, 0.29) is 5.03 Å². The zero-order chi connectivity index (χ0) is 14.7. The van der Waals surface area contributed by atoms with Crippen molar-refractivity contribution >= 4 is 21.4 Å². The Bertz CT molecular complexity index is 652. The third-order valence-corrected chi connectivity index (χ3v) is 6.28. The Morgan fingerprint density at radius 1 is 1.29 bits per heavy atom. The smallest absolute Gasteiger partial charge is 0.260 e. The normalized spacial score (nSPS) is 18.7. The highest BCUT2D eigenvalue weighted by Crippen LogP contribution is 2.17. The molecular weight excluding hydrogens is 308 g/mol. The van der Waals surface area contributed by atoms with E-state index in [1.807, 2.05) is 6.07 Å². The molecule has 0 unspecified atom stereocenters. The van der Waals surface area contributed by atoms with E-state index in [9.17, 15) is 8.42 Å². The summed E-state index contributed by atoms with van der Waals surface area (Å²) >= 11 is 1.74. The number of hydrogen-bond donors (Lipinski definition) is 1. The molecule has 1 fully saturated rings. The van der Waals surface area contributed by atoms with E-state index in [0.29, 0.717) is 13.1 Å². The van der Waals surface area contributed by atoms with Gasteiger partial charge in [0.15, 0.2) is 5.03 Å². The Balaban J connectivity index is 1.66. The summed E-state index contributed by atoms with van der Waals surface area (Å²) in [7, 11) is -3.44. The first kappa shape index (κ1) is 14.7. The molecule has 0 saturated carbocycles. The summed E-state index contributed by atoms with van der Waals surface area (Å²) in [5.41, 5.74) is 0. The molecule has 0 aromatic carbocycles. The van der Waals surface area contributed by atoms with E-state index in [1.54, 1.807) is 15.6 Å². The van der Waals surface area contributed by atoms with Crippen LogP contribution in [0.5, 0.6) is 0 Å². The fourth-order valence-corrected chi connectivity index (χ4v) is 4.60. The van der Waals surface area contributed by atoms with Crippen LogP contribution in [0.15, 0.2) is 35.1 Å². The molecule has 2 aromatic rings. The molecular formula is C13H18N4O2S2. The lowest BCUT2D eigenvalue weighted by Gasteiger charge is -2.20. The van der Waals surface area contributed by atoms with Crippen molar-refractivity contribution in [3.63, 3.8) is 0 Å². The van der Waals surface area contributed by atoms with E-state index in [1.165, 1.54) is 17.4 Å². The lowest BCUT2D eigenvalue weighted by atomic mass is 10.3. The van der Waals surface area contributed by atoms with Crippen LogP contribution in [0.25, 0.3) is 0 Å². The van der Waals surface area contributed by atoms with Crippen LogP contribution >= 0.6 is 11.3 Å². The maximum atomic E-state index is 12.5. The zero-order valence-corrected chi connectivity index (χ0v) is 13.2. The highest BCUT2D eigenvalue weighted by molar-refractivity contribution is 7.89. The summed E-state index contributed by atoms with van der Waals surface area (Å²) < 4.78 is 26.5. The first-order valence-electron chi connectivity index (χ1n) is 6.89. The minimum absolute atomic E-state index is 0.175. The van der Waals surface area contributed by atoms with Crippen molar-refractivity contribution < 1.29 is 8.42 Å². The van der Waals surface area contributed by atoms with E-state index < -0.39 is 10.0 Å². The fourth-order valence-electron chi connectivity index (χ4n) is 2.49. The van der Waals surface area contributed by atoms with Gasteiger partial charge in [-0.15, -0.1) is 11.3 Å². The number of rotatable bonds is 4. The van der Waals surface area contributed by atoms with Gasteiger partial charge < -0.3 is 4.98 Å². The quantitative estimate of drug-likeness (QED) is 0.921. The average Bonchev–Trinajstić information content (AvgIpc) is 3.10. The van der Waals surface area contributed by atoms with Crippen molar-refractivity contribution in [1.29, 1.82) is 0 Å². The second-order valence-corrected chi connectivity index (χ2v) is 7.97. The van der Waals surface area contributed by atoms with Crippen LogP contribution < -0.4 is 0 Å². The SMILES string of the molecule is O=S(=O)(c1cnc[nH]1)N1CCCN(Cc2cccs2)CC1. The zero-order valence-electron chi connectivity index (χ0n) is 11.6. The molecule has 21 heavy (non-hydrogen) atoms. The predicted molar refractivity (Wildman–Crippen MR) is 81.6 cm³/mol. The maximum Gasteiger partial charge on any atom is 0.260 e. The fraction of sp³-hybridized carbons (Fsp3) is 0.462.